The van der Waals surface area contributed by atoms with E-state index < -0.39 is 5.60 Å². The molecule has 1 saturated carbocycles. The Balaban J connectivity index is 1.28. The van der Waals surface area contributed by atoms with Crippen molar-refractivity contribution in [3.63, 3.8) is 0 Å². The van der Waals surface area contributed by atoms with E-state index in [1.165, 1.54) is 27.9 Å². The van der Waals surface area contributed by atoms with E-state index in [0.717, 1.165) is 107 Å². The third kappa shape index (κ3) is 6.09. The second kappa shape index (κ2) is 14.2. The number of morpholine rings is 1. The molecule has 2 aliphatic carbocycles. The molecule has 0 aromatic heterocycles. The highest BCUT2D eigenvalue weighted by atomic mass is 16.5. The summed E-state index contributed by atoms with van der Waals surface area (Å²) in [5.74, 6) is 3.33. The Morgan fingerprint density at radius 1 is 0.633 bits per heavy atom. The summed E-state index contributed by atoms with van der Waals surface area (Å²) in [7, 11) is 5.22. The third-order valence-corrected chi connectivity index (χ3v) is 13.7. The number of anilines is 1. The quantitative estimate of drug-likeness (QED) is 0.160. The van der Waals surface area contributed by atoms with Gasteiger partial charge in [0.25, 0.3) is 0 Å². The molecule has 1 spiro atoms. The number of rotatable bonds is 7. The second-order valence-corrected chi connectivity index (χ2v) is 18.9. The van der Waals surface area contributed by atoms with E-state index in [1.807, 2.05) is 24.3 Å². The first-order valence-electron chi connectivity index (χ1n) is 21.4. The zero-order chi connectivity index (χ0) is 41.4. The van der Waals surface area contributed by atoms with Gasteiger partial charge in [-0.25, -0.2) is 0 Å². The van der Waals surface area contributed by atoms with Crippen molar-refractivity contribution in [2.45, 2.75) is 58.0 Å². The van der Waals surface area contributed by atoms with Gasteiger partial charge in [0.1, 0.15) is 23.0 Å². The molecular formula is C54H55NO5. The Hall–Kier alpha value is -5.72. The largest absolute Gasteiger partial charge is 0.497 e. The van der Waals surface area contributed by atoms with Crippen LogP contribution in [0.4, 0.5) is 5.69 Å². The number of hydrogen-bond acceptors (Lipinski definition) is 6. The van der Waals surface area contributed by atoms with Crippen molar-refractivity contribution in [2.24, 2.45) is 10.8 Å². The lowest BCUT2D eigenvalue weighted by molar-refractivity contribution is 0.0642. The van der Waals surface area contributed by atoms with Crippen molar-refractivity contribution >= 4 is 22.5 Å². The van der Waals surface area contributed by atoms with Gasteiger partial charge in [0.05, 0.1) is 34.5 Å². The first kappa shape index (κ1) is 38.5. The maximum atomic E-state index is 7.92. The Morgan fingerprint density at radius 3 is 1.88 bits per heavy atom. The molecule has 306 valence electrons. The molecule has 6 heteroatoms. The SMILES string of the molecule is COc1ccc(-c2cc(OC)c3c4c(c5c(c3c2)OC(c2ccc(OC)cc2)(c2ccc(N3CCOCC3)cc2)C=C5)C2(CC(C)(C)CC(C)(C)C2)c2ccccc2-4)cc1. The first-order valence-corrected chi connectivity index (χ1v) is 21.4. The molecule has 0 amide bonds. The minimum absolute atomic E-state index is 0.106. The van der Waals surface area contributed by atoms with E-state index in [4.69, 9.17) is 23.7 Å². The minimum Gasteiger partial charge on any atom is -0.497 e. The van der Waals surface area contributed by atoms with Gasteiger partial charge in [-0.15, -0.1) is 0 Å². The summed E-state index contributed by atoms with van der Waals surface area (Å²) < 4.78 is 31.3. The van der Waals surface area contributed by atoms with E-state index in [0.29, 0.717) is 0 Å². The lowest BCUT2D eigenvalue weighted by Gasteiger charge is -2.52. The van der Waals surface area contributed by atoms with Crippen LogP contribution in [0, 0.1) is 10.8 Å². The van der Waals surface area contributed by atoms with Crippen LogP contribution in [0.15, 0.2) is 115 Å². The zero-order valence-corrected chi connectivity index (χ0v) is 36.0. The Bertz CT molecular complexity index is 2620. The number of methoxy groups -OCH3 is 3. The van der Waals surface area contributed by atoms with Crippen LogP contribution in [0.1, 0.15) is 74.8 Å². The summed E-state index contributed by atoms with van der Waals surface area (Å²) in [5.41, 5.74) is 10.9. The van der Waals surface area contributed by atoms with Crippen molar-refractivity contribution in [1.82, 2.24) is 0 Å². The molecule has 1 saturated heterocycles. The Labute approximate surface area is 354 Å². The summed E-state index contributed by atoms with van der Waals surface area (Å²) >= 11 is 0. The molecule has 10 rings (SSSR count). The normalized spacial score (nSPS) is 20.6. The molecule has 0 N–H and O–H groups in total. The molecule has 6 nitrogen and oxygen atoms in total. The third-order valence-electron chi connectivity index (χ3n) is 13.7. The monoisotopic (exact) mass is 797 g/mol. The number of nitrogens with zero attached hydrogens (tertiary/aromatic N) is 1. The second-order valence-electron chi connectivity index (χ2n) is 18.9. The van der Waals surface area contributed by atoms with Crippen molar-refractivity contribution in [3.8, 4) is 45.3 Å². The molecule has 6 aromatic rings. The standard InChI is InChI=1S/C54H55NO5/c1-51(2)32-52(3,4)34-53(33-51)45-11-9-8-10-42(45)48-47-44(30-36(31-46(47)58-7)35-12-20-40(56-5)21-13-35)50-43(49(48)53)24-25-54(60-50,38-16-22-41(57-6)23-17-38)37-14-18-39(19-15-37)55-26-28-59-29-27-55/h8-25,30-31H,26-29,32-34H2,1-7H3. The lowest BCUT2D eigenvalue weighted by atomic mass is 9.52. The lowest BCUT2D eigenvalue weighted by Crippen LogP contribution is -2.44. The molecule has 6 aromatic carbocycles. The van der Waals surface area contributed by atoms with Crippen LogP contribution in [0.25, 0.3) is 39.1 Å². The predicted octanol–water partition coefficient (Wildman–Crippen LogP) is 12.2. The van der Waals surface area contributed by atoms with Crippen LogP contribution in [-0.2, 0) is 15.8 Å². The first-order chi connectivity index (χ1) is 29.0. The van der Waals surface area contributed by atoms with E-state index >= 15 is 0 Å². The van der Waals surface area contributed by atoms with Crippen LogP contribution < -0.4 is 23.8 Å². The number of benzene rings is 6. The molecule has 4 aliphatic rings. The molecule has 2 fully saturated rings. The minimum atomic E-state index is -0.947. The number of ether oxygens (including phenoxy) is 5. The maximum absolute atomic E-state index is 7.92. The van der Waals surface area contributed by atoms with Gasteiger partial charge in [-0.1, -0.05) is 94.4 Å². The fourth-order valence-electron chi connectivity index (χ4n) is 11.9. The Morgan fingerprint density at radius 2 is 1.25 bits per heavy atom. The van der Waals surface area contributed by atoms with Gasteiger partial charge < -0.3 is 28.6 Å². The fraction of sp³-hybridized carbons (Fsp3) is 0.333. The molecule has 2 aliphatic heterocycles. The number of hydrogen-bond donors (Lipinski definition) is 0. The summed E-state index contributed by atoms with van der Waals surface area (Å²) in [4.78, 5) is 2.40. The summed E-state index contributed by atoms with van der Waals surface area (Å²) in [6.45, 7) is 13.1. The summed E-state index contributed by atoms with van der Waals surface area (Å²) in [6, 6.07) is 39.3. The van der Waals surface area contributed by atoms with E-state index in [2.05, 4.69) is 130 Å². The van der Waals surface area contributed by atoms with Gasteiger partial charge in [-0.3, -0.25) is 0 Å². The van der Waals surface area contributed by atoms with Gasteiger partial charge in [0.2, 0.25) is 0 Å². The van der Waals surface area contributed by atoms with Gasteiger partial charge in [-0.2, -0.15) is 0 Å². The van der Waals surface area contributed by atoms with Crippen molar-refractivity contribution in [3.05, 3.63) is 143 Å². The van der Waals surface area contributed by atoms with E-state index in [1.54, 1.807) is 21.3 Å². The van der Waals surface area contributed by atoms with Crippen molar-refractivity contribution in [1.29, 1.82) is 0 Å². The highest BCUT2D eigenvalue weighted by molar-refractivity contribution is 6.12. The van der Waals surface area contributed by atoms with Crippen molar-refractivity contribution in [2.75, 3.05) is 52.5 Å². The molecule has 2 heterocycles. The summed E-state index contributed by atoms with van der Waals surface area (Å²) in [5, 5.41) is 2.12. The van der Waals surface area contributed by atoms with Crippen LogP contribution >= 0.6 is 0 Å². The van der Waals surface area contributed by atoms with Gasteiger partial charge >= 0.3 is 0 Å². The van der Waals surface area contributed by atoms with Crippen molar-refractivity contribution < 1.29 is 23.7 Å². The van der Waals surface area contributed by atoms with E-state index in [9.17, 15) is 0 Å². The molecule has 0 bridgehead atoms. The van der Waals surface area contributed by atoms with Gasteiger partial charge in [-0.05, 0) is 118 Å². The highest BCUT2D eigenvalue weighted by Gasteiger charge is 2.55. The average molecular weight is 798 g/mol. The van der Waals surface area contributed by atoms with E-state index in [-0.39, 0.29) is 16.2 Å². The van der Waals surface area contributed by atoms with Gasteiger partial charge in [0.15, 0.2) is 5.60 Å². The maximum Gasteiger partial charge on any atom is 0.178 e. The summed E-state index contributed by atoms with van der Waals surface area (Å²) in [6.07, 6.45) is 7.95. The highest BCUT2D eigenvalue weighted by Crippen LogP contribution is 2.67. The van der Waals surface area contributed by atoms with Crippen LogP contribution in [0.5, 0.6) is 23.0 Å². The molecule has 60 heavy (non-hydrogen) atoms. The number of fused-ring (bicyclic) bond motifs is 10. The average Bonchev–Trinajstić information content (AvgIpc) is 3.53. The fourth-order valence-corrected chi connectivity index (χ4v) is 11.9. The van der Waals surface area contributed by atoms with Gasteiger partial charge in [0, 0.05) is 51.7 Å². The topological polar surface area (TPSA) is 49.4 Å². The predicted molar refractivity (Wildman–Crippen MR) is 243 cm³/mol. The van der Waals surface area contributed by atoms with Crippen LogP contribution in [0.2, 0.25) is 0 Å². The molecule has 1 unspecified atom stereocenters. The zero-order valence-electron chi connectivity index (χ0n) is 36.0. The molecule has 0 radical (unpaired) electrons. The molecular weight excluding hydrogens is 743 g/mol. The van der Waals surface area contributed by atoms with Crippen LogP contribution in [0.3, 0.4) is 0 Å². The Kier molecular flexibility index (Phi) is 9.10. The molecule has 1 atom stereocenters. The smallest absolute Gasteiger partial charge is 0.178 e. The van der Waals surface area contributed by atoms with Crippen LogP contribution in [-0.4, -0.2) is 47.6 Å².